The summed E-state index contributed by atoms with van der Waals surface area (Å²) in [6.07, 6.45) is 3.19. The lowest BCUT2D eigenvalue weighted by molar-refractivity contribution is 0.114. The van der Waals surface area contributed by atoms with Gasteiger partial charge in [-0.3, -0.25) is 0 Å². The molecule has 0 spiro atoms. The van der Waals surface area contributed by atoms with Crippen LogP contribution in [0.3, 0.4) is 0 Å². The summed E-state index contributed by atoms with van der Waals surface area (Å²) in [5.74, 6) is 0. The quantitative estimate of drug-likeness (QED) is 0.581. The Kier molecular flexibility index (Phi) is 8.40. The molecule has 0 saturated heterocycles. The van der Waals surface area contributed by atoms with Crippen molar-refractivity contribution in [2.24, 2.45) is 0 Å². The number of likely N-dealkylation sites (N-methyl/N-ethyl adjacent to an activating group) is 1. The van der Waals surface area contributed by atoms with Crippen LogP contribution in [0.5, 0.6) is 0 Å². The summed E-state index contributed by atoms with van der Waals surface area (Å²) in [6, 6.07) is 0.485. The van der Waals surface area contributed by atoms with Crippen molar-refractivity contribution >= 4 is 0 Å². The number of hydrogen-bond donors (Lipinski definition) is 1. The maximum Gasteiger partial charge on any atom is 0.0615 e. The van der Waals surface area contributed by atoms with Crippen LogP contribution in [-0.2, 0) is 4.74 Å². The van der Waals surface area contributed by atoms with Gasteiger partial charge in [0.15, 0.2) is 0 Å². The standard InChI is InChI=1S/C10H23NO2/c1-10(9-13-3)11(2)7-5-4-6-8-12/h10,12H,4-9H2,1-3H3. The molecule has 0 rings (SSSR count). The molecular formula is C10H23NO2. The van der Waals surface area contributed by atoms with Gasteiger partial charge in [0.1, 0.15) is 0 Å². The Morgan fingerprint density at radius 1 is 1.31 bits per heavy atom. The summed E-state index contributed by atoms with van der Waals surface area (Å²) in [6.45, 7) is 4.36. The van der Waals surface area contributed by atoms with E-state index >= 15 is 0 Å². The van der Waals surface area contributed by atoms with Gasteiger partial charge in [0.25, 0.3) is 0 Å². The molecule has 0 saturated carbocycles. The molecule has 0 aromatic rings. The smallest absolute Gasteiger partial charge is 0.0615 e. The fourth-order valence-electron chi connectivity index (χ4n) is 1.24. The highest BCUT2D eigenvalue weighted by Gasteiger charge is 2.07. The minimum atomic E-state index is 0.317. The molecular weight excluding hydrogens is 166 g/mol. The first-order valence-corrected chi connectivity index (χ1v) is 5.02. The molecule has 0 radical (unpaired) electrons. The van der Waals surface area contributed by atoms with E-state index in [-0.39, 0.29) is 0 Å². The summed E-state index contributed by atoms with van der Waals surface area (Å²) in [7, 11) is 3.85. The fraction of sp³-hybridized carbons (Fsp3) is 1.00. The van der Waals surface area contributed by atoms with E-state index in [0.29, 0.717) is 12.6 Å². The Morgan fingerprint density at radius 3 is 2.54 bits per heavy atom. The number of hydrogen-bond acceptors (Lipinski definition) is 3. The van der Waals surface area contributed by atoms with Crippen LogP contribution in [0.4, 0.5) is 0 Å². The van der Waals surface area contributed by atoms with Crippen LogP contribution in [-0.4, -0.2) is 50.0 Å². The van der Waals surface area contributed by atoms with Crippen LogP contribution < -0.4 is 0 Å². The third kappa shape index (κ3) is 6.99. The highest BCUT2D eigenvalue weighted by Crippen LogP contribution is 2.01. The highest BCUT2D eigenvalue weighted by molar-refractivity contribution is 4.61. The van der Waals surface area contributed by atoms with Crippen LogP contribution in [0.15, 0.2) is 0 Å². The molecule has 0 aromatic heterocycles. The molecule has 3 heteroatoms. The van der Waals surface area contributed by atoms with E-state index in [1.807, 2.05) is 0 Å². The lowest BCUT2D eigenvalue weighted by Crippen LogP contribution is -2.33. The van der Waals surface area contributed by atoms with Gasteiger partial charge in [0, 0.05) is 19.8 Å². The SMILES string of the molecule is COCC(C)N(C)CCCCCO. The second kappa shape index (κ2) is 8.48. The fourth-order valence-corrected chi connectivity index (χ4v) is 1.24. The number of nitrogens with zero attached hydrogens (tertiary/aromatic N) is 1. The first kappa shape index (κ1) is 12.9. The number of ether oxygens (including phenoxy) is 1. The lowest BCUT2D eigenvalue weighted by Gasteiger charge is -2.23. The second-order valence-electron chi connectivity index (χ2n) is 3.57. The van der Waals surface area contributed by atoms with Gasteiger partial charge in [0.2, 0.25) is 0 Å². The number of aliphatic hydroxyl groups is 1. The lowest BCUT2D eigenvalue weighted by atomic mass is 10.2. The summed E-state index contributed by atoms with van der Waals surface area (Å²) in [5.41, 5.74) is 0. The second-order valence-corrected chi connectivity index (χ2v) is 3.57. The van der Waals surface area contributed by atoms with E-state index in [4.69, 9.17) is 9.84 Å². The van der Waals surface area contributed by atoms with E-state index in [2.05, 4.69) is 18.9 Å². The van der Waals surface area contributed by atoms with Crippen LogP contribution in [0.1, 0.15) is 26.2 Å². The van der Waals surface area contributed by atoms with Crippen molar-refractivity contribution in [2.45, 2.75) is 32.2 Å². The van der Waals surface area contributed by atoms with Crippen LogP contribution in [0.2, 0.25) is 0 Å². The van der Waals surface area contributed by atoms with Gasteiger partial charge in [-0.25, -0.2) is 0 Å². The topological polar surface area (TPSA) is 32.7 Å². The third-order valence-electron chi connectivity index (χ3n) is 2.33. The number of methoxy groups -OCH3 is 1. The largest absolute Gasteiger partial charge is 0.396 e. The molecule has 0 aromatic carbocycles. The van der Waals surface area contributed by atoms with Crippen molar-refractivity contribution in [3.63, 3.8) is 0 Å². The van der Waals surface area contributed by atoms with Crippen molar-refractivity contribution in [2.75, 3.05) is 33.9 Å². The Hall–Kier alpha value is -0.120. The number of rotatable bonds is 8. The Labute approximate surface area is 81.7 Å². The Morgan fingerprint density at radius 2 is 2.00 bits per heavy atom. The van der Waals surface area contributed by atoms with Crippen LogP contribution in [0, 0.1) is 0 Å². The van der Waals surface area contributed by atoms with Gasteiger partial charge in [-0.05, 0) is 39.8 Å². The maximum atomic E-state index is 8.59. The zero-order valence-electron chi connectivity index (χ0n) is 9.12. The average Bonchev–Trinajstić information content (AvgIpc) is 2.12. The predicted molar refractivity (Wildman–Crippen MR) is 54.9 cm³/mol. The first-order chi connectivity index (χ1) is 6.22. The molecule has 0 fully saturated rings. The van der Waals surface area contributed by atoms with Gasteiger partial charge >= 0.3 is 0 Å². The summed E-state index contributed by atoms with van der Waals surface area (Å²) in [5, 5.41) is 8.59. The zero-order valence-corrected chi connectivity index (χ0v) is 9.12. The third-order valence-corrected chi connectivity index (χ3v) is 2.33. The van der Waals surface area contributed by atoms with E-state index in [0.717, 1.165) is 32.4 Å². The number of unbranched alkanes of at least 4 members (excludes halogenated alkanes) is 2. The van der Waals surface area contributed by atoms with Crippen molar-refractivity contribution in [3.05, 3.63) is 0 Å². The molecule has 0 heterocycles. The molecule has 80 valence electrons. The molecule has 0 aliphatic carbocycles. The average molecular weight is 189 g/mol. The van der Waals surface area contributed by atoms with Gasteiger partial charge in [0.05, 0.1) is 6.61 Å². The molecule has 1 unspecified atom stereocenters. The predicted octanol–water partition coefficient (Wildman–Crippen LogP) is 1.12. The minimum Gasteiger partial charge on any atom is -0.396 e. The van der Waals surface area contributed by atoms with E-state index in [1.54, 1.807) is 7.11 Å². The molecule has 0 aliphatic heterocycles. The molecule has 0 aliphatic rings. The van der Waals surface area contributed by atoms with E-state index in [9.17, 15) is 0 Å². The number of aliphatic hydroxyl groups excluding tert-OH is 1. The summed E-state index contributed by atoms with van der Waals surface area (Å²) >= 11 is 0. The minimum absolute atomic E-state index is 0.317. The van der Waals surface area contributed by atoms with Crippen LogP contribution in [0.25, 0.3) is 0 Å². The van der Waals surface area contributed by atoms with Gasteiger partial charge in [-0.2, -0.15) is 0 Å². The van der Waals surface area contributed by atoms with Crippen LogP contribution >= 0.6 is 0 Å². The molecule has 1 N–H and O–H groups in total. The van der Waals surface area contributed by atoms with Gasteiger partial charge in [-0.15, -0.1) is 0 Å². The molecule has 3 nitrogen and oxygen atoms in total. The molecule has 0 amide bonds. The molecule has 0 bridgehead atoms. The van der Waals surface area contributed by atoms with Gasteiger partial charge < -0.3 is 14.7 Å². The zero-order chi connectivity index (χ0) is 10.1. The van der Waals surface area contributed by atoms with Crippen molar-refractivity contribution in [3.8, 4) is 0 Å². The summed E-state index contributed by atoms with van der Waals surface area (Å²) < 4.78 is 5.07. The normalized spacial score (nSPS) is 13.6. The first-order valence-electron chi connectivity index (χ1n) is 5.02. The van der Waals surface area contributed by atoms with Crippen molar-refractivity contribution < 1.29 is 9.84 Å². The van der Waals surface area contributed by atoms with Crippen molar-refractivity contribution in [1.29, 1.82) is 0 Å². The van der Waals surface area contributed by atoms with Gasteiger partial charge in [-0.1, -0.05) is 0 Å². The van der Waals surface area contributed by atoms with E-state index < -0.39 is 0 Å². The summed E-state index contributed by atoms with van der Waals surface area (Å²) in [4.78, 5) is 2.29. The van der Waals surface area contributed by atoms with Crippen molar-refractivity contribution in [1.82, 2.24) is 4.90 Å². The van der Waals surface area contributed by atoms with E-state index in [1.165, 1.54) is 0 Å². The maximum absolute atomic E-state index is 8.59. The molecule has 1 atom stereocenters. The molecule has 13 heavy (non-hydrogen) atoms. The Balaban J connectivity index is 3.32. The highest BCUT2D eigenvalue weighted by atomic mass is 16.5. The Bertz CT molecular complexity index is 109. The monoisotopic (exact) mass is 189 g/mol.